The lowest BCUT2D eigenvalue weighted by molar-refractivity contribution is 0.137. The number of aryl methyl sites for hydroxylation is 1. The maximum Gasteiger partial charge on any atom is 0.216 e. The molecule has 1 rings (SSSR count). The smallest absolute Gasteiger partial charge is 0.216 e. The zero-order valence-corrected chi connectivity index (χ0v) is 11.3. The molecule has 4 nitrogen and oxygen atoms in total. The van der Waals surface area contributed by atoms with Crippen LogP contribution in [0.5, 0.6) is 5.88 Å². The third-order valence-corrected chi connectivity index (χ3v) is 2.71. The summed E-state index contributed by atoms with van der Waals surface area (Å²) in [5.74, 6) is 1.59. The Balaban J connectivity index is 3.10. The summed E-state index contributed by atoms with van der Waals surface area (Å²) < 4.78 is 5.40. The van der Waals surface area contributed by atoms with Crippen molar-refractivity contribution in [2.24, 2.45) is 5.92 Å². The van der Waals surface area contributed by atoms with E-state index < -0.39 is 6.10 Å². The molecule has 0 saturated heterocycles. The quantitative estimate of drug-likeness (QED) is 0.855. The van der Waals surface area contributed by atoms with E-state index in [0.29, 0.717) is 24.2 Å². The maximum atomic E-state index is 9.85. The van der Waals surface area contributed by atoms with E-state index in [2.05, 4.69) is 23.8 Å². The van der Waals surface area contributed by atoms with E-state index in [9.17, 15) is 5.11 Å². The van der Waals surface area contributed by atoms with E-state index in [0.717, 1.165) is 5.69 Å². The highest BCUT2D eigenvalue weighted by Gasteiger charge is 2.23. The second-order valence-corrected chi connectivity index (χ2v) is 4.62. The minimum atomic E-state index is -0.432. The van der Waals surface area contributed by atoms with Crippen molar-refractivity contribution in [3.8, 4) is 5.88 Å². The van der Waals surface area contributed by atoms with Gasteiger partial charge in [-0.3, -0.25) is 0 Å². The van der Waals surface area contributed by atoms with Gasteiger partial charge in [0.1, 0.15) is 5.82 Å². The third kappa shape index (κ3) is 3.66. The highest BCUT2D eigenvalue weighted by Crippen LogP contribution is 2.28. The second-order valence-electron chi connectivity index (χ2n) is 4.62. The van der Waals surface area contributed by atoms with Gasteiger partial charge in [0.05, 0.1) is 18.4 Å². The van der Waals surface area contributed by atoms with E-state index in [4.69, 9.17) is 4.74 Å². The Kier molecular flexibility index (Phi) is 4.87. The average Bonchev–Trinajstić information content (AvgIpc) is 2.15. The zero-order valence-electron chi connectivity index (χ0n) is 11.3. The van der Waals surface area contributed by atoms with Crippen LogP contribution in [-0.2, 0) is 0 Å². The highest BCUT2D eigenvalue weighted by atomic mass is 16.5. The lowest BCUT2D eigenvalue weighted by Gasteiger charge is -2.23. The Labute approximate surface area is 103 Å². The predicted octanol–water partition coefficient (Wildman–Crippen LogP) is 2.30. The molecule has 96 valence electrons. The van der Waals surface area contributed by atoms with Crippen molar-refractivity contribution in [2.45, 2.75) is 46.6 Å². The van der Waals surface area contributed by atoms with Crippen LogP contribution in [0.25, 0.3) is 0 Å². The molecule has 17 heavy (non-hydrogen) atoms. The van der Waals surface area contributed by atoms with Gasteiger partial charge in [0.15, 0.2) is 0 Å². The Bertz CT molecular complexity index is 356. The van der Waals surface area contributed by atoms with Gasteiger partial charge in [0.2, 0.25) is 5.88 Å². The Hall–Kier alpha value is -1.16. The van der Waals surface area contributed by atoms with Crippen molar-refractivity contribution in [2.75, 3.05) is 6.61 Å². The van der Waals surface area contributed by atoms with Gasteiger partial charge in [-0.1, -0.05) is 13.8 Å². The second kappa shape index (κ2) is 5.96. The molecule has 0 aliphatic carbocycles. The first-order chi connectivity index (χ1) is 7.95. The van der Waals surface area contributed by atoms with Crippen LogP contribution in [0.15, 0.2) is 6.07 Å². The number of nitrogens with zero attached hydrogens (tertiary/aromatic N) is 2. The van der Waals surface area contributed by atoms with E-state index >= 15 is 0 Å². The van der Waals surface area contributed by atoms with Gasteiger partial charge in [-0.2, -0.15) is 4.98 Å². The van der Waals surface area contributed by atoms with Gasteiger partial charge in [-0.05, 0) is 26.7 Å². The van der Waals surface area contributed by atoms with Gasteiger partial charge in [-0.25, -0.2) is 4.98 Å². The molecule has 0 aliphatic heterocycles. The number of aromatic nitrogens is 2. The summed E-state index contributed by atoms with van der Waals surface area (Å²) in [7, 11) is 0. The molecule has 0 saturated carbocycles. The molecule has 0 aromatic carbocycles. The average molecular weight is 238 g/mol. The van der Waals surface area contributed by atoms with Crippen LogP contribution in [0.4, 0.5) is 0 Å². The molecule has 0 spiro atoms. The molecule has 2 unspecified atom stereocenters. The third-order valence-electron chi connectivity index (χ3n) is 2.71. The summed E-state index contributed by atoms with van der Waals surface area (Å²) in [6, 6.07) is 1.83. The van der Waals surface area contributed by atoms with E-state index in [1.807, 2.05) is 19.9 Å². The zero-order chi connectivity index (χ0) is 13.0. The first-order valence-electron chi connectivity index (χ1n) is 6.12. The number of aliphatic hydroxyl groups excluding tert-OH is 1. The van der Waals surface area contributed by atoms with Gasteiger partial charge >= 0.3 is 0 Å². The van der Waals surface area contributed by atoms with Gasteiger partial charge in [0, 0.05) is 12.0 Å². The molecule has 1 heterocycles. The topological polar surface area (TPSA) is 55.2 Å². The fraction of sp³-hybridized carbons (Fsp3) is 0.692. The summed E-state index contributed by atoms with van der Waals surface area (Å²) in [5, 5.41) is 9.85. The minimum absolute atomic E-state index is 0.0101. The summed E-state index contributed by atoms with van der Waals surface area (Å²) in [6.07, 6.45) is -0.432. The van der Waals surface area contributed by atoms with Crippen LogP contribution < -0.4 is 4.74 Å². The Morgan fingerprint density at radius 2 is 1.94 bits per heavy atom. The lowest BCUT2D eigenvalue weighted by Crippen LogP contribution is -2.22. The van der Waals surface area contributed by atoms with Gasteiger partial charge in [0.25, 0.3) is 0 Å². The van der Waals surface area contributed by atoms with E-state index in [-0.39, 0.29) is 5.92 Å². The Morgan fingerprint density at radius 1 is 1.29 bits per heavy atom. The molecule has 1 aromatic heterocycles. The molecule has 0 bridgehead atoms. The monoisotopic (exact) mass is 238 g/mol. The van der Waals surface area contributed by atoms with Crippen molar-refractivity contribution in [3.05, 3.63) is 17.6 Å². The van der Waals surface area contributed by atoms with Crippen molar-refractivity contribution >= 4 is 0 Å². The van der Waals surface area contributed by atoms with Crippen LogP contribution in [0, 0.1) is 12.8 Å². The molecule has 0 fully saturated rings. The number of aliphatic hydroxyl groups is 1. The highest BCUT2D eigenvalue weighted by molar-refractivity contribution is 5.20. The predicted molar refractivity (Wildman–Crippen MR) is 67.2 cm³/mol. The van der Waals surface area contributed by atoms with E-state index in [1.165, 1.54) is 0 Å². The molecule has 1 N–H and O–H groups in total. The summed E-state index contributed by atoms with van der Waals surface area (Å²) in [6.45, 7) is 10.3. The van der Waals surface area contributed by atoms with Crippen LogP contribution in [-0.4, -0.2) is 27.8 Å². The fourth-order valence-corrected chi connectivity index (χ4v) is 2.10. The normalized spacial score (nSPS) is 14.8. The van der Waals surface area contributed by atoms with E-state index in [1.54, 1.807) is 6.92 Å². The van der Waals surface area contributed by atoms with Crippen LogP contribution >= 0.6 is 0 Å². The molecule has 4 heteroatoms. The molecular formula is C13H22N2O2. The van der Waals surface area contributed by atoms with Gasteiger partial charge < -0.3 is 9.84 Å². The number of hydrogen-bond donors (Lipinski definition) is 1. The summed E-state index contributed by atoms with van der Waals surface area (Å²) in [4.78, 5) is 8.62. The number of hydrogen-bond acceptors (Lipinski definition) is 4. The molecule has 0 radical (unpaired) electrons. The van der Waals surface area contributed by atoms with Crippen LogP contribution in [0.1, 0.15) is 45.1 Å². The molecular weight excluding hydrogens is 216 g/mol. The lowest BCUT2D eigenvalue weighted by atomic mass is 9.88. The SMILES string of the molecule is CCOc1cc(C(C(C)C)C(C)O)nc(C)n1. The number of ether oxygens (including phenoxy) is 1. The van der Waals surface area contributed by atoms with Crippen molar-refractivity contribution in [1.82, 2.24) is 9.97 Å². The fourth-order valence-electron chi connectivity index (χ4n) is 2.10. The van der Waals surface area contributed by atoms with Gasteiger partial charge in [-0.15, -0.1) is 0 Å². The van der Waals surface area contributed by atoms with Crippen molar-refractivity contribution < 1.29 is 9.84 Å². The largest absolute Gasteiger partial charge is 0.478 e. The first-order valence-corrected chi connectivity index (χ1v) is 6.12. The molecule has 1 aromatic rings. The molecule has 0 aliphatic rings. The van der Waals surface area contributed by atoms with Crippen LogP contribution in [0.2, 0.25) is 0 Å². The standard InChI is InChI=1S/C13H22N2O2/c1-6-17-12-7-11(14-10(5)15-12)13(8(2)3)9(4)16/h7-9,13,16H,6H2,1-5H3. The van der Waals surface area contributed by atoms with Crippen molar-refractivity contribution in [1.29, 1.82) is 0 Å². The first kappa shape index (κ1) is 13.9. The summed E-state index contributed by atoms with van der Waals surface area (Å²) in [5.41, 5.74) is 0.853. The molecule has 2 atom stereocenters. The number of rotatable bonds is 5. The molecule has 0 amide bonds. The minimum Gasteiger partial charge on any atom is -0.478 e. The maximum absolute atomic E-state index is 9.85. The Morgan fingerprint density at radius 3 is 2.41 bits per heavy atom. The van der Waals surface area contributed by atoms with Crippen molar-refractivity contribution in [3.63, 3.8) is 0 Å². The van der Waals surface area contributed by atoms with Crippen LogP contribution in [0.3, 0.4) is 0 Å². The summed E-state index contributed by atoms with van der Waals surface area (Å²) >= 11 is 0.